The van der Waals surface area contributed by atoms with Crippen molar-refractivity contribution in [3.63, 3.8) is 0 Å². The zero-order chi connectivity index (χ0) is 13.5. The Morgan fingerprint density at radius 3 is 2.44 bits per heavy atom. The maximum atomic E-state index is 11.3. The van der Waals surface area contributed by atoms with Crippen LogP contribution in [-0.2, 0) is 4.79 Å². The van der Waals surface area contributed by atoms with Crippen molar-refractivity contribution in [2.24, 2.45) is 11.8 Å². The second-order valence-electron chi connectivity index (χ2n) is 5.35. The lowest BCUT2D eigenvalue weighted by molar-refractivity contribution is -0.132. The zero-order valence-corrected chi connectivity index (χ0v) is 11.7. The van der Waals surface area contributed by atoms with Crippen LogP contribution in [0.1, 0.15) is 58.8 Å². The molecule has 0 heterocycles. The molecule has 0 aromatic carbocycles. The lowest BCUT2D eigenvalue weighted by atomic mass is 9.75. The van der Waals surface area contributed by atoms with Crippen molar-refractivity contribution in [1.29, 1.82) is 0 Å². The third-order valence-electron chi connectivity index (χ3n) is 4.08. The van der Waals surface area contributed by atoms with Gasteiger partial charge < -0.3 is 5.11 Å². The van der Waals surface area contributed by atoms with Crippen molar-refractivity contribution in [2.75, 3.05) is 0 Å². The number of carboxylic acids is 1. The van der Waals surface area contributed by atoms with E-state index in [0.29, 0.717) is 11.5 Å². The molecule has 0 aromatic heterocycles. The molecule has 2 heteroatoms. The maximum absolute atomic E-state index is 11.3. The van der Waals surface area contributed by atoms with Crippen molar-refractivity contribution in [3.8, 4) is 0 Å². The molecule has 0 unspecified atom stereocenters. The molecule has 0 spiro atoms. The third kappa shape index (κ3) is 3.72. The van der Waals surface area contributed by atoms with Gasteiger partial charge in [0.05, 0.1) is 0 Å². The highest BCUT2D eigenvalue weighted by Gasteiger charge is 2.26. The van der Waals surface area contributed by atoms with Crippen LogP contribution in [0.15, 0.2) is 23.8 Å². The summed E-state index contributed by atoms with van der Waals surface area (Å²) in [6.07, 6.45) is 10.1. The van der Waals surface area contributed by atoms with Gasteiger partial charge in [-0.3, -0.25) is 0 Å². The van der Waals surface area contributed by atoms with Crippen LogP contribution in [0.4, 0.5) is 0 Å². The standard InChI is InChI=1S/C16H26O2/c1-4-9-13(5-2)15(12(3)16(17)18)14-10-7-6-8-11-14/h5,13-14H,2,4,6-11H2,1,3H3,(H,17,18)/b15-12-/t13-/m1/s1. The quantitative estimate of drug-likeness (QED) is 0.554. The van der Waals surface area contributed by atoms with E-state index in [9.17, 15) is 9.90 Å². The van der Waals surface area contributed by atoms with Crippen LogP contribution in [0, 0.1) is 11.8 Å². The molecule has 1 aliphatic rings. The van der Waals surface area contributed by atoms with E-state index in [2.05, 4.69) is 13.5 Å². The summed E-state index contributed by atoms with van der Waals surface area (Å²) in [7, 11) is 0. The fourth-order valence-corrected chi connectivity index (χ4v) is 3.14. The van der Waals surface area contributed by atoms with Crippen molar-refractivity contribution >= 4 is 5.97 Å². The summed E-state index contributed by atoms with van der Waals surface area (Å²) in [5.74, 6) is -0.0582. The number of aliphatic carboxylic acids is 1. The van der Waals surface area contributed by atoms with E-state index in [4.69, 9.17) is 0 Å². The predicted molar refractivity (Wildman–Crippen MR) is 75.5 cm³/mol. The Hall–Kier alpha value is -1.05. The van der Waals surface area contributed by atoms with E-state index >= 15 is 0 Å². The Kier molecular flexibility index (Phi) is 6.17. The normalized spacial score (nSPS) is 20.1. The molecule has 0 saturated heterocycles. The lowest BCUT2D eigenvalue weighted by Gasteiger charge is -2.30. The topological polar surface area (TPSA) is 37.3 Å². The molecule has 18 heavy (non-hydrogen) atoms. The van der Waals surface area contributed by atoms with E-state index in [-0.39, 0.29) is 5.92 Å². The predicted octanol–water partition coefficient (Wildman–Crippen LogP) is 4.57. The van der Waals surface area contributed by atoms with Gasteiger partial charge in [-0.25, -0.2) is 4.79 Å². The number of carboxylic acid groups (broad SMARTS) is 1. The molecule has 0 bridgehead atoms. The minimum Gasteiger partial charge on any atom is -0.478 e. The average molecular weight is 250 g/mol. The maximum Gasteiger partial charge on any atom is 0.331 e. The summed E-state index contributed by atoms with van der Waals surface area (Å²) in [5.41, 5.74) is 1.71. The molecular weight excluding hydrogens is 224 g/mol. The second kappa shape index (κ2) is 7.40. The Balaban J connectivity index is 3.03. The molecule has 1 rings (SSSR count). The number of carbonyl (C=O) groups is 1. The minimum absolute atomic E-state index is 0.245. The smallest absolute Gasteiger partial charge is 0.331 e. The molecule has 0 aromatic rings. The van der Waals surface area contributed by atoms with Gasteiger partial charge in [0.15, 0.2) is 0 Å². The van der Waals surface area contributed by atoms with Crippen molar-refractivity contribution in [3.05, 3.63) is 23.8 Å². The van der Waals surface area contributed by atoms with Crippen LogP contribution >= 0.6 is 0 Å². The van der Waals surface area contributed by atoms with Crippen LogP contribution < -0.4 is 0 Å². The first-order chi connectivity index (χ1) is 8.61. The number of hydrogen-bond donors (Lipinski definition) is 1. The average Bonchev–Trinajstić information content (AvgIpc) is 2.39. The van der Waals surface area contributed by atoms with Gasteiger partial charge in [0.1, 0.15) is 0 Å². The minimum atomic E-state index is -0.765. The first-order valence-corrected chi connectivity index (χ1v) is 7.18. The Morgan fingerprint density at radius 1 is 1.39 bits per heavy atom. The largest absolute Gasteiger partial charge is 0.478 e. The summed E-state index contributed by atoms with van der Waals surface area (Å²) in [4.78, 5) is 11.3. The first kappa shape index (κ1) is 15.0. The third-order valence-corrected chi connectivity index (χ3v) is 4.08. The van der Waals surface area contributed by atoms with E-state index in [1.807, 2.05) is 6.08 Å². The Bertz CT molecular complexity index is 322. The summed E-state index contributed by atoms with van der Waals surface area (Å²) in [6.45, 7) is 7.82. The Labute approximate surface area is 111 Å². The molecule has 0 amide bonds. The molecular formula is C16H26O2. The van der Waals surface area contributed by atoms with Crippen LogP contribution in [0.2, 0.25) is 0 Å². The molecule has 2 nitrogen and oxygen atoms in total. The summed E-state index contributed by atoms with van der Waals surface area (Å²) < 4.78 is 0. The highest BCUT2D eigenvalue weighted by molar-refractivity contribution is 5.87. The molecule has 1 saturated carbocycles. The fourth-order valence-electron chi connectivity index (χ4n) is 3.14. The highest BCUT2D eigenvalue weighted by atomic mass is 16.4. The van der Waals surface area contributed by atoms with E-state index in [1.165, 1.54) is 19.3 Å². The van der Waals surface area contributed by atoms with Gasteiger partial charge in [0.2, 0.25) is 0 Å². The summed E-state index contributed by atoms with van der Waals surface area (Å²) in [6, 6.07) is 0. The fraction of sp³-hybridized carbons (Fsp3) is 0.688. The van der Waals surface area contributed by atoms with E-state index in [0.717, 1.165) is 31.3 Å². The zero-order valence-electron chi connectivity index (χ0n) is 11.7. The number of allylic oxidation sites excluding steroid dienone is 2. The van der Waals surface area contributed by atoms with Crippen LogP contribution in [0.25, 0.3) is 0 Å². The monoisotopic (exact) mass is 250 g/mol. The molecule has 102 valence electrons. The first-order valence-electron chi connectivity index (χ1n) is 7.18. The van der Waals surface area contributed by atoms with Gasteiger partial charge in [0.25, 0.3) is 0 Å². The van der Waals surface area contributed by atoms with Gasteiger partial charge in [-0.15, -0.1) is 6.58 Å². The van der Waals surface area contributed by atoms with E-state index < -0.39 is 5.97 Å². The summed E-state index contributed by atoms with van der Waals surface area (Å²) >= 11 is 0. The number of rotatable bonds is 6. The molecule has 1 atom stereocenters. The molecule has 1 fully saturated rings. The van der Waals surface area contributed by atoms with Crippen molar-refractivity contribution in [2.45, 2.75) is 58.8 Å². The van der Waals surface area contributed by atoms with Crippen LogP contribution in [-0.4, -0.2) is 11.1 Å². The van der Waals surface area contributed by atoms with Crippen molar-refractivity contribution < 1.29 is 9.90 Å². The second-order valence-corrected chi connectivity index (χ2v) is 5.35. The van der Waals surface area contributed by atoms with Gasteiger partial charge in [-0.05, 0) is 38.0 Å². The van der Waals surface area contributed by atoms with Gasteiger partial charge in [-0.2, -0.15) is 0 Å². The number of hydrogen-bond acceptors (Lipinski definition) is 1. The van der Waals surface area contributed by atoms with Gasteiger partial charge in [0, 0.05) is 5.57 Å². The van der Waals surface area contributed by atoms with Crippen LogP contribution in [0.5, 0.6) is 0 Å². The van der Waals surface area contributed by atoms with Crippen LogP contribution in [0.3, 0.4) is 0 Å². The molecule has 0 aliphatic heterocycles. The van der Waals surface area contributed by atoms with Gasteiger partial charge >= 0.3 is 5.97 Å². The van der Waals surface area contributed by atoms with E-state index in [1.54, 1.807) is 6.92 Å². The molecule has 1 aliphatic carbocycles. The molecule has 0 radical (unpaired) electrons. The Morgan fingerprint density at radius 2 is 2.00 bits per heavy atom. The summed E-state index contributed by atoms with van der Waals surface area (Å²) in [5, 5.41) is 9.30. The SMILES string of the molecule is C=C[C@H](CCC)/C(=C(\C)C(=O)O)C1CCCCC1. The van der Waals surface area contributed by atoms with Crippen molar-refractivity contribution in [1.82, 2.24) is 0 Å². The molecule has 1 N–H and O–H groups in total. The lowest BCUT2D eigenvalue weighted by Crippen LogP contribution is -2.19. The van der Waals surface area contributed by atoms with Gasteiger partial charge in [-0.1, -0.05) is 44.3 Å². The highest BCUT2D eigenvalue weighted by Crippen LogP contribution is 2.37.